The number of carbonyl (C=O) groups excluding carboxylic acids is 3. The van der Waals surface area contributed by atoms with Gasteiger partial charge in [-0.2, -0.15) is 0 Å². The summed E-state index contributed by atoms with van der Waals surface area (Å²) in [5, 5.41) is 7.41. The van der Waals surface area contributed by atoms with Crippen molar-refractivity contribution in [1.82, 2.24) is 10.6 Å². The second-order valence-electron chi connectivity index (χ2n) is 6.27. The van der Waals surface area contributed by atoms with Gasteiger partial charge in [-0.3, -0.25) is 14.9 Å². The van der Waals surface area contributed by atoms with Gasteiger partial charge in [0.25, 0.3) is 11.8 Å². The number of hydrogen-bond donors (Lipinski definition) is 4. The minimum atomic E-state index is -0.776. The maximum atomic E-state index is 13.3. The van der Waals surface area contributed by atoms with Crippen LogP contribution in [0.5, 0.6) is 0 Å². The third kappa shape index (κ3) is 6.17. The Morgan fingerprint density at radius 2 is 1.79 bits per heavy atom. The Hall–Kier alpha value is -3.26. The smallest absolute Gasteiger partial charge is 0.321 e. The Morgan fingerprint density at radius 1 is 1.07 bits per heavy atom. The number of amides is 4. The molecule has 4 N–H and O–H groups in total. The molecule has 2 aromatic carbocycles. The quantitative estimate of drug-likeness (QED) is 0.568. The first-order valence-corrected chi connectivity index (χ1v) is 8.92. The molecule has 1 unspecified atom stereocenters. The van der Waals surface area contributed by atoms with Gasteiger partial charge in [-0.15, -0.1) is 0 Å². The second kappa shape index (κ2) is 10.2. The van der Waals surface area contributed by atoms with Crippen molar-refractivity contribution in [2.45, 2.75) is 13.0 Å². The van der Waals surface area contributed by atoms with Crippen LogP contribution in [0.4, 0.5) is 14.9 Å². The number of carbonyl (C=O) groups is 3. The van der Waals surface area contributed by atoms with Gasteiger partial charge in [0.15, 0.2) is 12.6 Å². The summed E-state index contributed by atoms with van der Waals surface area (Å²) in [5.74, 6) is -1.36. The zero-order valence-corrected chi connectivity index (χ0v) is 15.8. The van der Waals surface area contributed by atoms with Crippen LogP contribution < -0.4 is 20.9 Å². The first kappa shape index (κ1) is 21.0. The van der Waals surface area contributed by atoms with Crippen molar-refractivity contribution < 1.29 is 23.7 Å². The van der Waals surface area contributed by atoms with Gasteiger partial charge in [0.05, 0.1) is 7.05 Å². The molecule has 0 saturated carbocycles. The molecule has 0 radical (unpaired) electrons. The topological polar surface area (TPSA) is 91.7 Å². The average Bonchev–Trinajstić information content (AvgIpc) is 2.62. The molecule has 0 aliphatic rings. The molecule has 0 fully saturated rings. The molecule has 0 aromatic heterocycles. The van der Waals surface area contributed by atoms with Crippen LogP contribution in [-0.2, 0) is 9.59 Å². The molecule has 8 heteroatoms. The summed E-state index contributed by atoms with van der Waals surface area (Å²) in [6.07, 6.45) is 0. The SMILES string of the molecule is CCNC(=O)NC(=O)[C@H](c1ccccc1)[NH+](C)CC(=O)Nc1cccc(F)c1. The Balaban J connectivity index is 2.12. The first-order valence-electron chi connectivity index (χ1n) is 8.92. The van der Waals surface area contributed by atoms with E-state index in [4.69, 9.17) is 0 Å². The highest BCUT2D eigenvalue weighted by molar-refractivity contribution is 5.97. The van der Waals surface area contributed by atoms with E-state index in [0.29, 0.717) is 22.7 Å². The van der Waals surface area contributed by atoms with Crippen LogP contribution in [0.25, 0.3) is 0 Å². The molecule has 0 bridgehead atoms. The van der Waals surface area contributed by atoms with E-state index in [2.05, 4.69) is 16.0 Å². The second-order valence-corrected chi connectivity index (χ2v) is 6.27. The number of quaternary nitrogens is 1. The summed E-state index contributed by atoms with van der Waals surface area (Å²) in [6.45, 7) is 2.07. The highest BCUT2D eigenvalue weighted by atomic mass is 19.1. The van der Waals surface area contributed by atoms with Gasteiger partial charge in [0, 0.05) is 17.8 Å². The molecule has 148 valence electrons. The van der Waals surface area contributed by atoms with E-state index >= 15 is 0 Å². The zero-order chi connectivity index (χ0) is 20.5. The maximum absolute atomic E-state index is 13.3. The third-order valence-electron chi connectivity index (χ3n) is 4.01. The van der Waals surface area contributed by atoms with Crippen molar-refractivity contribution in [2.75, 3.05) is 25.5 Å². The molecule has 0 spiro atoms. The minimum Gasteiger partial charge on any atom is -0.338 e. The van der Waals surface area contributed by atoms with Crippen molar-refractivity contribution in [3.05, 3.63) is 66.0 Å². The Morgan fingerprint density at radius 3 is 2.43 bits per heavy atom. The fourth-order valence-electron chi connectivity index (χ4n) is 2.82. The maximum Gasteiger partial charge on any atom is 0.321 e. The number of likely N-dealkylation sites (N-methyl/N-ethyl adjacent to an activating group) is 1. The van der Waals surface area contributed by atoms with Gasteiger partial charge in [-0.05, 0) is 25.1 Å². The molecular weight excluding hydrogens is 363 g/mol. The fourth-order valence-corrected chi connectivity index (χ4v) is 2.82. The number of urea groups is 1. The van der Waals surface area contributed by atoms with E-state index in [-0.39, 0.29) is 12.5 Å². The van der Waals surface area contributed by atoms with Crippen molar-refractivity contribution in [3.63, 3.8) is 0 Å². The summed E-state index contributed by atoms with van der Waals surface area (Å²) >= 11 is 0. The van der Waals surface area contributed by atoms with Crippen LogP contribution >= 0.6 is 0 Å². The number of benzene rings is 2. The number of anilines is 1. The highest BCUT2D eigenvalue weighted by Gasteiger charge is 2.31. The standard InChI is InChI=1S/C20H23FN4O3/c1-3-22-20(28)24-19(27)18(14-8-5-4-6-9-14)25(2)13-17(26)23-16-11-7-10-15(21)12-16/h4-12,18H,3,13H2,1-2H3,(H,23,26)(H2,22,24,27,28)/p+1/t18-/m0/s1. The van der Waals surface area contributed by atoms with Crippen molar-refractivity contribution in [3.8, 4) is 0 Å². The molecule has 0 aliphatic heterocycles. The molecule has 4 amide bonds. The molecule has 0 heterocycles. The summed E-state index contributed by atoms with van der Waals surface area (Å²) in [7, 11) is 1.68. The van der Waals surface area contributed by atoms with Crippen LogP contribution in [-0.4, -0.2) is 38.0 Å². The molecule has 2 aromatic rings. The predicted octanol–water partition coefficient (Wildman–Crippen LogP) is 0.866. The number of rotatable bonds is 7. The van der Waals surface area contributed by atoms with Crippen LogP contribution in [0.3, 0.4) is 0 Å². The van der Waals surface area contributed by atoms with E-state index in [0.717, 1.165) is 0 Å². The largest absolute Gasteiger partial charge is 0.338 e. The number of hydrogen-bond acceptors (Lipinski definition) is 3. The zero-order valence-electron chi connectivity index (χ0n) is 15.8. The molecule has 28 heavy (non-hydrogen) atoms. The van der Waals surface area contributed by atoms with Crippen molar-refractivity contribution >= 4 is 23.5 Å². The molecule has 0 saturated heterocycles. The lowest BCUT2D eigenvalue weighted by Gasteiger charge is -2.24. The van der Waals surface area contributed by atoms with E-state index in [1.807, 2.05) is 6.07 Å². The van der Waals surface area contributed by atoms with E-state index < -0.39 is 23.8 Å². The Labute approximate surface area is 162 Å². The highest BCUT2D eigenvalue weighted by Crippen LogP contribution is 2.10. The van der Waals surface area contributed by atoms with E-state index in [1.54, 1.807) is 44.3 Å². The Kier molecular flexibility index (Phi) is 7.65. The van der Waals surface area contributed by atoms with Crippen LogP contribution in [0, 0.1) is 5.82 Å². The van der Waals surface area contributed by atoms with E-state index in [9.17, 15) is 18.8 Å². The van der Waals surface area contributed by atoms with Gasteiger partial charge >= 0.3 is 6.03 Å². The summed E-state index contributed by atoms with van der Waals surface area (Å²) in [6, 6.07) is 13.1. The monoisotopic (exact) mass is 387 g/mol. The van der Waals surface area contributed by atoms with Gasteiger partial charge in [0.2, 0.25) is 0 Å². The molecule has 0 aliphatic carbocycles. The summed E-state index contributed by atoms with van der Waals surface area (Å²) in [5.41, 5.74) is 1.00. The van der Waals surface area contributed by atoms with Crippen molar-refractivity contribution in [1.29, 1.82) is 0 Å². The normalized spacial score (nSPS) is 12.5. The lowest BCUT2D eigenvalue weighted by molar-refractivity contribution is -0.894. The summed E-state index contributed by atoms with van der Waals surface area (Å²) in [4.78, 5) is 37.3. The Bertz CT molecular complexity index is 829. The van der Waals surface area contributed by atoms with Crippen LogP contribution in [0.15, 0.2) is 54.6 Å². The summed E-state index contributed by atoms with van der Waals surface area (Å²) < 4.78 is 13.3. The van der Waals surface area contributed by atoms with Gasteiger partial charge in [-0.1, -0.05) is 36.4 Å². The lowest BCUT2D eigenvalue weighted by Crippen LogP contribution is -3.11. The molecular formula is C20H24FN4O3+. The van der Waals surface area contributed by atoms with Crippen LogP contribution in [0.1, 0.15) is 18.5 Å². The van der Waals surface area contributed by atoms with Crippen LogP contribution in [0.2, 0.25) is 0 Å². The fraction of sp³-hybridized carbons (Fsp3) is 0.250. The van der Waals surface area contributed by atoms with Crippen molar-refractivity contribution in [2.24, 2.45) is 0 Å². The van der Waals surface area contributed by atoms with Gasteiger partial charge in [0.1, 0.15) is 5.82 Å². The molecule has 7 nitrogen and oxygen atoms in total. The average molecular weight is 387 g/mol. The number of halogens is 1. The first-order chi connectivity index (χ1) is 13.4. The number of nitrogens with one attached hydrogen (secondary N) is 4. The lowest BCUT2D eigenvalue weighted by atomic mass is 10.0. The van der Waals surface area contributed by atoms with E-state index in [1.165, 1.54) is 18.2 Å². The third-order valence-corrected chi connectivity index (χ3v) is 4.01. The number of imide groups is 1. The minimum absolute atomic E-state index is 0.0567. The molecule has 2 atom stereocenters. The van der Waals surface area contributed by atoms with Gasteiger partial charge in [-0.25, -0.2) is 9.18 Å². The molecule has 2 rings (SSSR count). The predicted molar refractivity (Wildman–Crippen MR) is 103 cm³/mol. The van der Waals surface area contributed by atoms with Gasteiger partial charge < -0.3 is 15.5 Å².